The number of methoxy groups -OCH3 is 2. The van der Waals surface area contributed by atoms with Crippen LogP contribution in [0, 0.1) is 6.92 Å². The Morgan fingerprint density at radius 2 is 1.96 bits per heavy atom. The van der Waals surface area contributed by atoms with E-state index in [-0.39, 0.29) is 5.91 Å². The van der Waals surface area contributed by atoms with Gasteiger partial charge in [0.05, 0.1) is 14.2 Å². The Bertz CT molecular complexity index is 815. The number of rotatable bonds is 9. The molecule has 1 aromatic carbocycles. The highest BCUT2D eigenvalue weighted by Gasteiger charge is 2.28. The van der Waals surface area contributed by atoms with Crippen molar-refractivity contribution in [2.45, 2.75) is 26.2 Å². The molecule has 28 heavy (non-hydrogen) atoms. The van der Waals surface area contributed by atoms with E-state index in [1.807, 2.05) is 36.1 Å². The summed E-state index contributed by atoms with van der Waals surface area (Å²) in [7, 11) is 5.35. The second-order valence-electron chi connectivity index (χ2n) is 7.29. The first-order valence-corrected chi connectivity index (χ1v) is 9.80. The van der Waals surface area contributed by atoms with Crippen LogP contribution in [0.25, 0.3) is 0 Å². The molecule has 6 heteroatoms. The number of benzene rings is 1. The first-order chi connectivity index (χ1) is 13.5. The van der Waals surface area contributed by atoms with E-state index in [1.165, 1.54) is 0 Å². The van der Waals surface area contributed by atoms with Crippen molar-refractivity contribution in [1.29, 1.82) is 0 Å². The van der Waals surface area contributed by atoms with Crippen molar-refractivity contribution in [3.8, 4) is 11.5 Å². The van der Waals surface area contributed by atoms with Gasteiger partial charge in [0.15, 0.2) is 11.5 Å². The van der Waals surface area contributed by atoms with E-state index in [4.69, 9.17) is 13.9 Å². The van der Waals surface area contributed by atoms with Gasteiger partial charge in [-0.15, -0.1) is 0 Å². The molecule has 0 bridgehead atoms. The Morgan fingerprint density at radius 3 is 2.64 bits per heavy atom. The molecule has 2 heterocycles. The van der Waals surface area contributed by atoms with E-state index >= 15 is 0 Å². The maximum Gasteiger partial charge on any atom is 0.254 e. The van der Waals surface area contributed by atoms with Crippen molar-refractivity contribution < 1.29 is 18.7 Å². The van der Waals surface area contributed by atoms with Crippen LogP contribution in [0.4, 0.5) is 0 Å². The van der Waals surface area contributed by atoms with Crippen LogP contribution < -0.4 is 9.47 Å². The van der Waals surface area contributed by atoms with E-state index in [1.54, 1.807) is 14.2 Å². The third kappa shape index (κ3) is 4.50. The van der Waals surface area contributed by atoms with Crippen LogP contribution >= 0.6 is 0 Å². The van der Waals surface area contributed by atoms with Crippen molar-refractivity contribution in [3.05, 3.63) is 46.9 Å². The van der Waals surface area contributed by atoms with Crippen LogP contribution in [0.1, 0.15) is 33.9 Å². The Kier molecular flexibility index (Phi) is 6.62. The predicted octanol–water partition coefficient (Wildman–Crippen LogP) is 3.17. The Hall–Kier alpha value is -2.47. The van der Waals surface area contributed by atoms with Gasteiger partial charge in [0.2, 0.25) is 0 Å². The summed E-state index contributed by atoms with van der Waals surface area (Å²) < 4.78 is 16.5. The molecule has 1 aliphatic rings. The number of likely N-dealkylation sites (N-methyl/N-ethyl adjacent to an activating group) is 1. The first kappa shape index (κ1) is 20.3. The molecule has 6 nitrogen and oxygen atoms in total. The lowest BCUT2D eigenvalue weighted by molar-refractivity contribution is 0.0731. The van der Waals surface area contributed by atoms with Gasteiger partial charge in [-0.2, -0.15) is 0 Å². The molecule has 152 valence electrons. The van der Waals surface area contributed by atoms with Crippen LogP contribution in [0.2, 0.25) is 0 Å². The monoisotopic (exact) mass is 386 g/mol. The van der Waals surface area contributed by atoms with E-state index in [0.29, 0.717) is 18.0 Å². The molecular weight excluding hydrogens is 356 g/mol. The molecule has 0 fully saturated rings. The summed E-state index contributed by atoms with van der Waals surface area (Å²) in [6.45, 7) is 5.33. The number of ether oxygens (including phenoxy) is 2. The van der Waals surface area contributed by atoms with Crippen molar-refractivity contribution in [3.63, 3.8) is 0 Å². The molecule has 0 spiro atoms. The summed E-state index contributed by atoms with van der Waals surface area (Å²) in [4.78, 5) is 17.1. The Morgan fingerprint density at radius 1 is 1.14 bits per heavy atom. The quantitative estimate of drug-likeness (QED) is 0.663. The second kappa shape index (κ2) is 9.15. The molecule has 0 saturated carbocycles. The highest BCUT2D eigenvalue weighted by atomic mass is 16.5. The van der Waals surface area contributed by atoms with Crippen LogP contribution in [0.5, 0.6) is 11.5 Å². The Labute approximate surface area is 167 Å². The number of amides is 1. The fraction of sp³-hybridized carbons (Fsp3) is 0.500. The minimum atomic E-state index is 0.0796. The summed E-state index contributed by atoms with van der Waals surface area (Å²) in [5.41, 5.74) is 1.68. The van der Waals surface area contributed by atoms with Gasteiger partial charge in [0, 0.05) is 37.2 Å². The summed E-state index contributed by atoms with van der Waals surface area (Å²) in [6.07, 6.45) is 2.64. The minimum Gasteiger partial charge on any atom is -0.493 e. The number of fused-ring (bicyclic) bond motifs is 1. The summed E-state index contributed by atoms with van der Waals surface area (Å²) >= 11 is 0. The van der Waals surface area contributed by atoms with Gasteiger partial charge in [-0.05, 0) is 57.6 Å². The Balaban J connectivity index is 1.50. The molecule has 1 amide bonds. The van der Waals surface area contributed by atoms with Crippen LogP contribution in [0.15, 0.2) is 28.7 Å². The van der Waals surface area contributed by atoms with Gasteiger partial charge in [0.25, 0.3) is 5.91 Å². The van der Waals surface area contributed by atoms with E-state index in [0.717, 1.165) is 61.5 Å². The maximum absolute atomic E-state index is 12.9. The zero-order valence-electron chi connectivity index (χ0n) is 17.3. The SMILES string of the molecule is COc1ccc2c(c1OC)CCN(CCCN(C)CCc1ccc(C)o1)C2=O. The predicted molar refractivity (Wildman–Crippen MR) is 108 cm³/mol. The molecule has 0 radical (unpaired) electrons. The third-order valence-corrected chi connectivity index (χ3v) is 5.30. The van der Waals surface area contributed by atoms with Crippen LogP contribution in [-0.4, -0.2) is 63.2 Å². The summed E-state index contributed by atoms with van der Waals surface area (Å²) in [6, 6.07) is 7.70. The zero-order chi connectivity index (χ0) is 20.1. The normalized spacial score (nSPS) is 13.8. The molecular formula is C22H30N2O4. The van der Waals surface area contributed by atoms with E-state index < -0.39 is 0 Å². The van der Waals surface area contributed by atoms with Crippen molar-refractivity contribution in [1.82, 2.24) is 9.80 Å². The first-order valence-electron chi connectivity index (χ1n) is 9.80. The average Bonchev–Trinajstić information content (AvgIpc) is 3.12. The third-order valence-electron chi connectivity index (χ3n) is 5.30. The smallest absolute Gasteiger partial charge is 0.254 e. The average molecular weight is 386 g/mol. The highest BCUT2D eigenvalue weighted by molar-refractivity contribution is 5.97. The second-order valence-corrected chi connectivity index (χ2v) is 7.29. The van der Waals surface area contributed by atoms with Gasteiger partial charge >= 0.3 is 0 Å². The number of nitrogens with zero attached hydrogens (tertiary/aromatic N) is 2. The molecule has 0 N–H and O–H groups in total. The van der Waals surface area contributed by atoms with Crippen molar-refractivity contribution in [2.75, 3.05) is 47.4 Å². The largest absolute Gasteiger partial charge is 0.493 e. The summed E-state index contributed by atoms with van der Waals surface area (Å²) in [5.74, 6) is 3.42. The number of carbonyl (C=O) groups is 1. The molecule has 1 aromatic heterocycles. The fourth-order valence-corrected chi connectivity index (χ4v) is 3.74. The van der Waals surface area contributed by atoms with Gasteiger partial charge in [0.1, 0.15) is 11.5 Å². The lowest BCUT2D eigenvalue weighted by atomic mass is 9.97. The van der Waals surface area contributed by atoms with Crippen molar-refractivity contribution in [2.24, 2.45) is 0 Å². The molecule has 0 aliphatic carbocycles. The summed E-state index contributed by atoms with van der Waals surface area (Å²) in [5, 5.41) is 0. The number of hydrogen-bond acceptors (Lipinski definition) is 5. The number of carbonyl (C=O) groups excluding carboxylic acids is 1. The maximum atomic E-state index is 12.9. The zero-order valence-corrected chi connectivity index (χ0v) is 17.3. The number of hydrogen-bond donors (Lipinski definition) is 0. The van der Waals surface area contributed by atoms with Gasteiger partial charge in [-0.1, -0.05) is 0 Å². The van der Waals surface area contributed by atoms with E-state index in [2.05, 4.69) is 11.9 Å². The van der Waals surface area contributed by atoms with Crippen LogP contribution in [0.3, 0.4) is 0 Å². The molecule has 0 saturated heterocycles. The molecule has 2 aromatic rings. The minimum absolute atomic E-state index is 0.0796. The molecule has 0 unspecified atom stereocenters. The number of furan rings is 1. The molecule has 3 rings (SSSR count). The standard InChI is InChI=1S/C22H30N2O4/c1-16-6-7-17(28-16)10-14-23(2)12-5-13-24-15-11-18-19(22(24)25)8-9-20(26-3)21(18)27-4/h6-9H,5,10-15H2,1-4H3. The molecule has 0 atom stereocenters. The van der Waals surface area contributed by atoms with Crippen LogP contribution in [-0.2, 0) is 12.8 Å². The topological polar surface area (TPSA) is 55.2 Å². The van der Waals surface area contributed by atoms with Gasteiger partial charge < -0.3 is 23.7 Å². The fourth-order valence-electron chi connectivity index (χ4n) is 3.74. The van der Waals surface area contributed by atoms with E-state index in [9.17, 15) is 4.79 Å². The van der Waals surface area contributed by atoms with Gasteiger partial charge in [-0.3, -0.25) is 4.79 Å². The van der Waals surface area contributed by atoms with Crippen molar-refractivity contribution >= 4 is 5.91 Å². The molecule has 1 aliphatic heterocycles. The highest BCUT2D eigenvalue weighted by Crippen LogP contribution is 2.36. The number of aryl methyl sites for hydroxylation is 1. The van der Waals surface area contributed by atoms with Gasteiger partial charge in [-0.25, -0.2) is 0 Å². The lowest BCUT2D eigenvalue weighted by Gasteiger charge is -2.30. The lowest BCUT2D eigenvalue weighted by Crippen LogP contribution is -2.39.